The quantitative estimate of drug-likeness (QED) is 0.466. The fourth-order valence-corrected chi connectivity index (χ4v) is 2.24. The summed E-state index contributed by atoms with van der Waals surface area (Å²) >= 11 is 0. The van der Waals surface area contributed by atoms with E-state index < -0.39 is 0 Å². The molecule has 0 aromatic carbocycles. The summed E-state index contributed by atoms with van der Waals surface area (Å²) in [7, 11) is 0. The van der Waals surface area contributed by atoms with Crippen molar-refractivity contribution in [2.75, 3.05) is 0 Å². The van der Waals surface area contributed by atoms with Crippen LogP contribution in [0.1, 0.15) is 71.6 Å². The molecule has 0 saturated carbocycles. The molecule has 1 rings (SSSR count). The van der Waals surface area contributed by atoms with Gasteiger partial charge in [-0.1, -0.05) is 63.2 Å². The number of hydrogen-bond acceptors (Lipinski definition) is 0. The minimum Gasteiger partial charge on any atom is -0.0775 e. The maximum atomic E-state index is 2.40. The second-order valence-corrected chi connectivity index (χ2v) is 4.72. The first-order valence-electron chi connectivity index (χ1n) is 6.70. The standard InChI is InChI=1S/C15H26/c1-3-4-5-6-7-8-9-12-15-13-10-11-14(15)2/h11,13H,3-10,12H2,1-2H3. The molecule has 0 fully saturated rings. The highest BCUT2D eigenvalue weighted by Gasteiger charge is 2.04. The normalized spacial score (nSPS) is 15.3. The zero-order valence-electron chi connectivity index (χ0n) is 10.5. The summed E-state index contributed by atoms with van der Waals surface area (Å²) in [6, 6.07) is 0. The Bertz CT molecular complexity index is 220. The van der Waals surface area contributed by atoms with Gasteiger partial charge in [0.15, 0.2) is 0 Å². The van der Waals surface area contributed by atoms with Gasteiger partial charge in [-0.3, -0.25) is 0 Å². The number of unbranched alkanes of at least 4 members (excludes halogenated alkanes) is 6. The summed E-state index contributed by atoms with van der Waals surface area (Å²) < 4.78 is 0. The van der Waals surface area contributed by atoms with Crippen molar-refractivity contribution in [2.45, 2.75) is 71.6 Å². The van der Waals surface area contributed by atoms with Crippen LogP contribution in [0.4, 0.5) is 0 Å². The predicted octanol–water partition coefficient (Wildman–Crippen LogP) is 5.40. The Morgan fingerprint density at radius 1 is 0.933 bits per heavy atom. The van der Waals surface area contributed by atoms with Gasteiger partial charge in [0, 0.05) is 0 Å². The van der Waals surface area contributed by atoms with E-state index in [1.165, 1.54) is 63.4 Å². The average Bonchev–Trinajstić information content (AvgIpc) is 2.63. The van der Waals surface area contributed by atoms with Crippen molar-refractivity contribution in [3.8, 4) is 0 Å². The second kappa shape index (κ2) is 7.73. The maximum absolute atomic E-state index is 2.40. The minimum atomic E-state index is 1.18. The lowest BCUT2D eigenvalue weighted by molar-refractivity contribution is 0.589. The van der Waals surface area contributed by atoms with E-state index in [-0.39, 0.29) is 0 Å². The topological polar surface area (TPSA) is 0 Å². The molecule has 0 aromatic heterocycles. The largest absolute Gasteiger partial charge is 0.0775 e. The van der Waals surface area contributed by atoms with Gasteiger partial charge in [0.2, 0.25) is 0 Å². The number of rotatable bonds is 8. The molecule has 0 N–H and O–H groups in total. The van der Waals surface area contributed by atoms with Crippen molar-refractivity contribution in [3.05, 3.63) is 23.3 Å². The molecular weight excluding hydrogens is 180 g/mol. The Kier molecular flexibility index (Phi) is 6.47. The van der Waals surface area contributed by atoms with Crippen LogP contribution >= 0.6 is 0 Å². The van der Waals surface area contributed by atoms with Crippen LogP contribution in [0.2, 0.25) is 0 Å². The average molecular weight is 206 g/mol. The van der Waals surface area contributed by atoms with Crippen LogP contribution in [0.15, 0.2) is 23.3 Å². The molecule has 0 amide bonds. The Hall–Kier alpha value is -0.520. The second-order valence-electron chi connectivity index (χ2n) is 4.72. The van der Waals surface area contributed by atoms with Crippen molar-refractivity contribution in [3.63, 3.8) is 0 Å². The summed E-state index contributed by atoms with van der Waals surface area (Å²) in [5.41, 5.74) is 3.14. The van der Waals surface area contributed by atoms with Crippen molar-refractivity contribution < 1.29 is 0 Å². The van der Waals surface area contributed by atoms with E-state index in [9.17, 15) is 0 Å². The van der Waals surface area contributed by atoms with Gasteiger partial charge in [-0.05, 0) is 31.8 Å². The number of allylic oxidation sites excluding steroid dienone is 4. The van der Waals surface area contributed by atoms with E-state index in [0.717, 1.165) is 0 Å². The molecule has 15 heavy (non-hydrogen) atoms. The van der Waals surface area contributed by atoms with Crippen molar-refractivity contribution in [1.29, 1.82) is 0 Å². The van der Waals surface area contributed by atoms with Gasteiger partial charge in [-0.15, -0.1) is 0 Å². The lowest BCUT2D eigenvalue weighted by Gasteiger charge is -2.04. The third kappa shape index (κ3) is 5.20. The van der Waals surface area contributed by atoms with E-state index >= 15 is 0 Å². The molecule has 0 unspecified atom stereocenters. The molecule has 0 heterocycles. The van der Waals surface area contributed by atoms with Gasteiger partial charge in [-0.2, -0.15) is 0 Å². The van der Waals surface area contributed by atoms with E-state index in [2.05, 4.69) is 26.0 Å². The fourth-order valence-electron chi connectivity index (χ4n) is 2.24. The van der Waals surface area contributed by atoms with Gasteiger partial charge < -0.3 is 0 Å². The third-order valence-corrected chi connectivity index (χ3v) is 3.34. The van der Waals surface area contributed by atoms with Crippen molar-refractivity contribution >= 4 is 0 Å². The first-order chi connectivity index (χ1) is 7.34. The van der Waals surface area contributed by atoms with E-state index in [4.69, 9.17) is 0 Å². The highest BCUT2D eigenvalue weighted by Crippen LogP contribution is 2.23. The molecule has 0 aliphatic heterocycles. The van der Waals surface area contributed by atoms with E-state index in [1.54, 1.807) is 5.57 Å². The molecule has 86 valence electrons. The van der Waals surface area contributed by atoms with Crippen molar-refractivity contribution in [1.82, 2.24) is 0 Å². The molecule has 0 saturated heterocycles. The summed E-state index contributed by atoms with van der Waals surface area (Å²) in [4.78, 5) is 0. The first-order valence-corrected chi connectivity index (χ1v) is 6.70. The molecule has 0 atom stereocenters. The van der Waals surface area contributed by atoms with Crippen LogP contribution in [0.3, 0.4) is 0 Å². The van der Waals surface area contributed by atoms with Crippen LogP contribution in [-0.4, -0.2) is 0 Å². The summed E-state index contributed by atoms with van der Waals surface area (Å²) in [5.74, 6) is 0. The zero-order valence-corrected chi connectivity index (χ0v) is 10.5. The smallest absolute Gasteiger partial charge is 0.0157 e. The molecule has 0 heteroatoms. The first kappa shape index (κ1) is 12.5. The highest BCUT2D eigenvalue weighted by molar-refractivity contribution is 5.34. The van der Waals surface area contributed by atoms with E-state index in [0.29, 0.717) is 0 Å². The monoisotopic (exact) mass is 206 g/mol. The van der Waals surface area contributed by atoms with Crippen LogP contribution in [-0.2, 0) is 0 Å². The molecule has 0 bridgehead atoms. The van der Waals surface area contributed by atoms with Gasteiger partial charge in [0.1, 0.15) is 0 Å². The summed E-state index contributed by atoms with van der Waals surface area (Å²) in [6.45, 7) is 4.53. The molecule has 0 radical (unpaired) electrons. The number of hydrogen-bond donors (Lipinski definition) is 0. The van der Waals surface area contributed by atoms with Crippen LogP contribution in [0.25, 0.3) is 0 Å². The van der Waals surface area contributed by atoms with Gasteiger partial charge in [-0.25, -0.2) is 0 Å². The molecule has 0 aromatic rings. The van der Waals surface area contributed by atoms with Gasteiger partial charge >= 0.3 is 0 Å². The summed E-state index contributed by atoms with van der Waals surface area (Å²) in [5, 5.41) is 0. The van der Waals surface area contributed by atoms with Crippen LogP contribution in [0, 0.1) is 0 Å². The Balaban J connectivity index is 1.91. The fraction of sp³-hybridized carbons (Fsp3) is 0.733. The van der Waals surface area contributed by atoms with Crippen LogP contribution < -0.4 is 0 Å². The molecule has 1 aliphatic rings. The van der Waals surface area contributed by atoms with Crippen LogP contribution in [0.5, 0.6) is 0 Å². The van der Waals surface area contributed by atoms with E-state index in [1.807, 2.05) is 0 Å². The minimum absolute atomic E-state index is 1.18. The molecular formula is C15H26. The van der Waals surface area contributed by atoms with Gasteiger partial charge in [0.05, 0.1) is 0 Å². The maximum Gasteiger partial charge on any atom is -0.0157 e. The predicted molar refractivity (Wildman–Crippen MR) is 69.1 cm³/mol. The lowest BCUT2D eigenvalue weighted by atomic mass is 10.0. The molecule has 0 spiro atoms. The zero-order chi connectivity index (χ0) is 10.9. The SMILES string of the molecule is CCCCCCCCCC1=CCC=C1C. The Labute approximate surface area is 95.5 Å². The molecule has 1 aliphatic carbocycles. The third-order valence-electron chi connectivity index (χ3n) is 3.34. The highest BCUT2D eigenvalue weighted by atomic mass is 14.1. The van der Waals surface area contributed by atoms with Gasteiger partial charge in [0.25, 0.3) is 0 Å². The summed E-state index contributed by atoms with van der Waals surface area (Å²) in [6.07, 6.45) is 17.2. The Morgan fingerprint density at radius 2 is 1.60 bits per heavy atom. The van der Waals surface area contributed by atoms with Crippen molar-refractivity contribution in [2.24, 2.45) is 0 Å². The Morgan fingerprint density at radius 3 is 2.20 bits per heavy atom. The molecule has 0 nitrogen and oxygen atoms in total. The lowest BCUT2D eigenvalue weighted by Crippen LogP contribution is -1.84.